The normalized spacial score (nSPS) is 12.7. The summed E-state index contributed by atoms with van der Waals surface area (Å²) in [5.74, 6) is 5.76. The maximum atomic E-state index is 13.2. The fourth-order valence-corrected chi connectivity index (χ4v) is 2.02. The average Bonchev–Trinajstić information content (AvgIpc) is 2.70. The van der Waals surface area contributed by atoms with E-state index in [2.05, 4.69) is 21.4 Å². The number of benzene rings is 1. The van der Waals surface area contributed by atoms with Gasteiger partial charge >= 0.3 is 0 Å². The van der Waals surface area contributed by atoms with Crippen LogP contribution in [0.15, 0.2) is 45.5 Å². The average molecular weight is 285 g/mol. The fourth-order valence-electron chi connectivity index (χ4n) is 1.54. The molecule has 2 aromatic rings. The molecule has 0 aliphatic heterocycles. The second kappa shape index (κ2) is 4.78. The smallest absolute Gasteiger partial charge is 0.126 e. The first-order valence-electron chi connectivity index (χ1n) is 4.66. The number of nitrogens with one attached hydrogen (secondary N) is 1. The number of nitrogens with two attached hydrogens (primary N) is 1. The summed E-state index contributed by atoms with van der Waals surface area (Å²) in [6.07, 6.45) is 1.55. The van der Waals surface area contributed by atoms with Crippen LogP contribution < -0.4 is 11.3 Å². The molecule has 1 unspecified atom stereocenters. The molecule has 1 aromatic heterocycles. The zero-order valence-corrected chi connectivity index (χ0v) is 9.87. The molecule has 3 nitrogen and oxygen atoms in total. The molecule has 2 rings (SSSR count). The van der Waals surface area contributed by atoms with E-state index < -0.39 is 0 Å². The lowest BCUT2D eigenvalue weighted by Crippen LogP contribution is -2.28. The number of halogens is 2. The van der Waals surface area contributed by atoms with Gasteiger partial charge in [0.05, 0.1) is 6.26 Å². The molecule has 0 aliphatic rings. The van der Waals surface area contributed by atoms with E-state index in [0.29, 0.717) is 15.8 Å². The van der Waals surface area contributed by atoms with E-state index in [0.717, 1.165) is 0 Å². The molecule has 0 fully saturated rings. The summed E-state index contributed by atoms with van der Waals surface area (Å²) in [4.78, 5) is 0. The molecule has 1 atom stereocenters. The molecule has 1 heterocycles. The first-order valence-corrected chi connectivity index (χ1v) is 5.45. The summed E-state index contributed by atoms with van der Waals surface area (Å²) >= 11 is 3.23. The van der Waals surface area contributed by atoms with E-state index in [1.54, 1.807) is 24.5 Å². The Morgan fingerprint density at radius 2 is 2.19 bits per heavy atom. The predicted octanol–water partition coefficient (Wildman–Crippen LogP) is 2.73. The van der Waals surface area contributed by atoms with Crippen molar-refractivity contribution in [1.29, 1.82) is 0 Å². The summed E-state index contributed by atoms with van der Waals surface area (Å²) in [5, 5.41) is 0. The van der Waals surface area contributed by atoms with Gasteiger partial charge in [-0.3, -0.25) is 5.84 Å². The van der Waals surface area contributed by atoms with Crippen LogP contribution in [0, 0.1) is 5.82 Å². The summed E-state index contributed by atoms with van der Waals surface area (Å²) < 4.78 is 19.1. The lowest BCUT2D eigenvalue weighted by atomic mass is 10.1. The van der Waals surface area contributed by atoms with Crippen molar-refractivity contribution in [3.63, 3.8) is 0 Å². The molecule has 0 radical (unpaired) electrons. The Labute approximate surface area is 101 Å². The van der Waals surface area contributed by atoms with Gasteiger partial charge in [-0.15, -0.1) is 0 Å². The van der Waals surface area contributed by atoms with Crippen molar-refractivity contribution in [1.82, 2.24) is 5.43 Å². The molecular formula is C11H10BrFN2O. The maximum absolute atomic E-state index is 13.2. The zero-order chi connectivity index (χ0) is 11.5. The van der Waals surface area contributed by atoms with Gasteiger partial charge in [0.2, 0.25) is 0 Å². The molecule has 16 heavy (non-hydrogen) atoms. The minimum absolute atomic E-state index is 0.323. The van der Waals surface area contributed by atoms with E-state index in [-0.39, 0.29) is 11.9 Å². The van der Waals surface area contributed by atoms with Crippen molar-refractivity contribution in [2.24, 2.45) is 5.84 Å². The third-order valence-electron chi connectivity index (χ3n) is 2.21. The third kappa shape index (κ3) is 2.32. The van der Waals surface area contributed by atoms with Crippen LogP contribution >= 0.6 is 15.9 Å². The van der Waals surface area contributed by atoms with Crippen molar-refractivity contribution >= 4 is 15.9 Å². The van der Waals surface area contributed by atoms with Gasteiger partial charge in [0, 0.05) is 4.47 Å². The minimum atomic E-state index is -0.359. The number of rotatable bonds is 3. The molecule has 84 valence electrons. The van der Waals surface area contributed by atoms with Crippen LogP contribution in [0.1, 0.15) is 17.4 Å². The highest BCUT2D eigenvalue weighted by atomic mass is 79.9. The summed E-state index contributed by atoms with van der Waals surface area (Å²) in [5.41, 5.74) is 3.29. The van der Waals surface area contributed by atoms with Crippen molar-refractivity contribution < 1.29 is 8.81 Å². The molecule has 0 aliphatic carbocycles. The van der Waals surface area contributed by atoms with E-state index in [4.69, 9.17) is 10.3 Å². The highest BCUT2D eigenvalue weighted by Gasteiger charge is 2.16. The van der Waals surface area contributed by atoms with Crippen molar-refractivity contribution in [2.45, 2.75) is 6.04 Å². The van der Waals surface area contributed by atoms with Gasteiger partial charge in [-0.1, -0.05) is 15.9 Å². The van der Waals surface area contributed by atoms with Crippen LogP contribution in [0.4, 0.5) is 4.39 Å². The van der Waals surface area contributed by atoms with Crippen LogP contribution in [0.3, 0.4) is 0 Å². The molecular weight excluding hydrogens is 275 g/mol. The first-order chi connectivity index (χ1) is 7.70. The van der Waals surface area contributed by atoms with Gasteiger partial charge in [0.25, 0.3) is 0 Å². The second-order valence-corrected chi connectivity index (χ2v) is 4.23. The Balaban J connectivity index is 2.41. The Morgan fingerprint density at radius 3 is 2.75 bits per heavy atom. The van der Waals surface area contributed by atoms with E-state index >= 15 is 0 Å². The first kappa shape index (κ1) is 11.3. The van der Waals surface area contributed by atoms with Gasteiger partial charge in [0.1, 0.15) is 17.6 Å². The van der Waals surface area contributed by atoms with Crippen LogP contribution in [0.25, 0.3) is 0 Å². The quantitative estimate of drug-likeness (QED) is 0.673. The number of furan rings is 1. The second-order valence-electron chi connectivity index (χ2n) is 3.32. The van der Waals surface area contributed by atoms with E-state index in [9.17, 15) is 4.39 Å². The number of hydrogen-bond acceptors (Lipinski definition) is 3. The standard InChI is InChI=1S/C11H10BrFN2O/c12-8-4-7(5-9(13)6-8)11(15-14)10-2-1-3-16-10/h1-6,11,15H,14H2. The van der Waals surface area contributed by atoms with E-state index in [1.807, 2.05) is 0 Å². The van der Waals surface area contributed by atoms with Crippen molar-refractivity contribution in [3.05, 3.63) is 58.2 Å². The van der Waals surface area contributed by atoms with Crippen LogP contribution in [0.2, 0.25) is 0 Å². The zero-order valence-electron chi connectivity index (χ0n) is 8.28. The van der Waals surface area contributed by atoms with E-state index in [1.165, 1.54) is 12.1 Å². The Morgan fingerprint density at radius 1 is 1.38 bits per heavy atom. The highest BCUT2D eigenvalue weighted by Crippen LogP contribution is 2.25. The summed E-state index contributed by atoms with van der Waals surface area (Å²) in [6, 6.07) is 7.77. The topological polar surface area (TPSA) is 51.2 Å². The molecule has 5 heteroatoms. The molecule has 0 saturated carbocycles. The lowest BCUT2D eigenvalue weighted by molar-refractivity contribution is 0.451. The Hall–Kier alpha value is -1.17. The van der Waals surface area contributed by atoms with Gasteiger partial charge < -0.3 is 4.42 Å². The van der Waals surface area contributed by atoms with Crippen LogP contribution in [-0.4, -0.2) is 0 Å². The fraction of sp³-hybridized carbons (Fsp3) is 0.0909. The van der Waals surface area contributed by atoms with Gasteiger partial charge in [-0.2, -0.15) is 0 Å². The SMILES string of the molecule is NNC(c1cc(F)cc(Br)c1)c1ccco1. The molecule has 0 saturated heterocycles. The van der Waals surface area contributed by atoms with Crippen LogP contribution in [0.5, 0.6) is 0 Å². The molecule has 1 aromatic carbocycles. The number of hydrazine groups is 1. The highest BCUT2D eigenvalue weighted by molar-refractivity contribution is 9.10. The Kier molecular flexibility index (Phi) is 3.38. The molecule has 0 spiro atoms. The Bertz CT molecular complexity index is 453. The minimum Gasteiger partial charge on any atom is -0.467 e. The van der Waals surface area contributed by atoms with Crippen molar-refractivity contribution in [3.8, 4) is 0 Å². The van der Waals surface area contributed by atoms with Crippen molar-refractivity contribution in [2.75, 3.05) is 0 Å². The number of hydrogen-bond donors (Lipinski definition) is 2. The molecule has 0 amide bonds. The monoisotopic (exact) mass is 284 g/mol. The largest absolute Gasteiger partial charge is 0.467 e. The molecule has 3 N–H and O–H groups in total. The van der Waals surface area contributed by atoms with Gasteiger partial charge in [-0.25, -0.2) is 9.82 Å². The van der Waals surface area contributed by atoms with Crippen LogP contribution in [-0.2, 0) is 0 Å². The lowest BCUT2D eigenvalue weighted by Gasteiger charge is -2.14. The third-order valence-corrected chi connectivity index (χ3v) is 2.67. The summed E-state index contributed by atoms with van der Waals surface area (Å²) in [7, 11) is 0. The van der Waals surface area contributed by atoms with Gasteiger partial charge in [-0.05, 0) is 35.9 Å². The summed E-state index contributed by atoms with van der Waals surface area (Å²) in [6.45, 7) is 0. The predicted molar refractivity (Wildman–Crippen MR) is 62.0 cm³/mol. The molecule has 0 bridgehead atoms. The van der Waals surface area contributed by atoms with Gasteiger partial charge in [0.15, 0.2) is 0 Å². The maximum Gasteiger partial charge on any atom is 0.126 e.